The Labute approximate surface area is 110 Å². The summed E-state index contributed by atoms with van der Waals surface area (Å²) in [6, 6.07) is 10.2. The number of hydrogen-bond acceptors (Lipinski definition) is 2. The SMILES string of the molecule is CC.OCCCC(OCc1ccccc1)=C1CC1. The maximum absolute atomic E-state index is 8.82. The van der Waals surface area contributed by atoms with Crippen LogP contribution in [0.2, 0.25) is 0 Å². The van der Waals surface area contributed by atoms with Crippen LogP contribution in [0.1, 0.15) is 45.1 Å². The zero-order valence-electron chi connectivity index (χ0n) is 11.5. The molecule has 1 N–H and O–H groups in total. The molecule has 2 heteroatoms. The third kappa shape index (κ3) is 5.37. The van der Waals surface area contributed by atoms with Crippen LogP contribution in [-0.4, -0.2) is 11.7 Å². The minimum atomic E-state index is 0.242. The average Bonchev–Trinajstić information content (AvgIpc) is 3.27. The molecule has 1 fully saturated rings. The van der Waals surface area contributed by atoms with Crippen molar-refractivity contribution < 1.29 is 9.84 Å². The molecule has 0 bridgehead atoms. The first-order valence-electron chi connectivity index (χ1n) is 6.88. The Morgan fingerprint density at radius 1 is 1.17 bits per heavy atom. The van der Waals surface area contributed by atoms with Gasteiger partial charge in [0, 0.05) is 13.0 Å². The molecule has 0 aromatic heterocycles. The molecule has 1 aliphatic rings. The third-order valence-electron chi connectivity index (χ3n) is 2.71. The van der Waals surface area contributed by atoms with Crippen LogP contribution >= 0.6 is 0 Å². The number of ether oxygens (including phenoxy) is 1. The molecule has 0 unspecified atom stereocenters. The van der Waals surface area contributed by atoms with Crippen molar-refractivity contribution in [2.75, 3.05) is 6.61 Å². The standard InChI is InChI=1S/C14H18O2.C2H6/c15-10-4-7-14(13-8-9-13)16-11-12-5-2-1-3-6-12;1-2/h1-3,5-6,15H,4,7-11H2;1-2H3. The zero-order chi connectivity index (χ0) is 13.2. The lowest BCUT2D eigenvalue weighted by atomic mass is 10.2. The summed E-state index contributed by atoms with van der Waals surface area (Å²) in [5, 5.41) is 8.82. The summed E-state index contributed by atoms with van der Waals surface area (Å²) < 4.78 is 5.82. The summed E-state index contributed by atoms with van der Waals surface area (Å²) in [5.41, 5.74) is 2.63. The lowest BCUT2D eigenvalue weighted by Crippen LogP contribution is -1.96. The van der Waals surface area contributed by atoms with Gasteiger partial charge in [-0.3, -0.25) is 0 Å². The number of rotatable bonds is 6. The third-order valence-corrected chi connectivity index (χ3v) is 2.71. The molecule has 0 radical (unpaired) electrons. The van der Waals surface area contributed by atoms with Crippen molar-refractivity contribution in [1.29, 1.82) is 0 Å². The Balaban J connectivity index is 0.000000771. The predicted octanol–water partition coefficient (Wildman–Crippen LogP) is 4.05. The van der Waals surface area contributed by atoms with Gasteiger partial charge in [-0.05, 0) is 30.4 Å². The largest absolute Gasteiger partial charge is 0.493 e. The number of aliphatic hydroxyl groups excluding tert-OH is 1. The van der Waals surface area contributed by atoms with Crippen LogP contribution in [0.15, 0.2) is 41.7 Å². The maximum Gasteiger partial charge on any atom is 0.113 e. The molecule has 2 rings (SSSR count). The summed E-state index contributed by atoms with van der Waals surface area (Å²) in [4.78, 5) is 0. The first-order valence-corrected chi connectivity index (χ1v) is 6.88. The summed E-state index contributed by atoms with van der Waals surface area (Å²) in [5.74, 6) is 1.11. The Bertz CT molecular complexity index is 349. The molecule has 18 heavy (non-hydrogen) atoms. The first-order chi connectivity index (χ1) is 8.90. The molecule has 0 heterocycles. The van der Waals surface area contributed by atoms with E-state index in [2.05, 4.69) is 12.1 Å². The molecule has 0 saturated heterocycles. The number of hydrogen-bond donors (Lipinski definition) is 1. The fourth-order valence-corrected chi connectivity index (χ4v) is 1.68. The van der Waals surface area contributed by atoms with Gasteiger partial charge in [0.05, 0.1) is 5.76 Å². The normalized spacial score (nSPS) is 12.5. The Morgan fingerprint density at radius 2 is 1.83 bits per heavy atom. The molecule has 0 aliphatic heterocycles. The molecule has 1 aliphatic carbocycles. The predicted molar refractivity (Wildman–Crippen MR) is 75.2 cm³/mol. The van der Waals surface area contributed by atoms with Gasteiger partial charge in [0.15, 0.2) is 0 Å². The van der Waals surface area contributed by atoms with E-state index in [4.69, 9.17) is 9.84 Å². The van der Waals surface area contributed by atoms with Crippen molar-refractivity contribution in [3.63, 3.8) is 0 Å². The lowest BCUT2D eigenvalue weighted by Gasteiger charge is -2.10. The second kappa shape index (κ2) is 8.76. The van der Waals surface area contributed by atoms with E-state index in [-0.39, 0.29) is 6.61 Å². The molecular weight excluding hydrogens is 224 g/mol. The van der Waals surface area contributed by atoms with E-state index in [1.54, 1.807) is 0 Å². The monoisotopic (exact) mass is 248 g/mol. The van der Waals surface area contributed by atoms with Gasteiger partial charge >= 0.3 is 0 Å². The van der Waals surface area contributed by atoms with E-state index in [1.165, 1.54) is 24.0 Å². The highest BCUT2D eigenvalue weighted by molar-refractivity contribution is 5.22. The van der Waals surface area contributed by atoms with Crippen LogP contribution in [0.25, 0.3) is 0 Å². The summed E-state index contributed by atoms with van der Waals surface area (Å²) in [7, 11) is 0. The number of aliphatic hydroxyl groups is 1. The van der Waals surface area contributed by atoms with Crippen molar-refractivity contribution in [3.05, 3.63) is 47.2 Å². The van der Waals surface area contributed by atoms with Gasteiger partial charge in [-0.15, -0.1) is 0 Å². The van der Waals surface area contributed by atoms with Crippen molar-refractivity contribution in [3.8, 4) is 0 Å². The van der Waals surface area contributed by atoms with Crippen LogP contribution < -0.4 is 0 Å². The fraction of sp³-hybridized carbons (Fsp3) is 0.500. The van der Waals surface area contributed by atoms with Gasteiger partial charge in [-0.2, -0.15) is 0 Å². The van der Waals surface area contributed by atoms with Crippen LogP contribution in [-0.2, 0) is 11.3 Å². The molecule has 1 aromatic carbocycles. The van der Waals surface area contributed by atoms with Crippen LogP contribution in [0, 0.1) is 0 Å². The van der Waals surface area contributed by atoms with E-state index in [0.29, 0.717) is 6.61 Å². The van der Waals surface area contributed by atoms with Crippen LogP contribution in [0.4, 0.5) is 0 Å². The Hall–Kier alpha value is -1.28. The highest BCUT2D eigenvalue weighted by atomic mass is 16.5. The molecule has 0 amide bonds. The summed E-state index contributed by atoms with van der Waals surface area (Å²) in [6.45, 7) is 4.89. The second-order valence-corrected chi connectivity index (χ2v) is 4.13. The minimum absolute atomic E-state index is 0.242. The lowest BCUT2D eigenvalue weighted by molar-refractivity contribution is 0.179. The smallest absolute Gasteiger partial charge is 0.113 e. The Morgan fingerprint density at radius 3 is 2.39 bits per heavy atom. The summed E-state index contributed by atoms with van der Waals surface area (Å²) >= 11 is 0. The fourth-order valence-electron chi connectivity index (χ4n) is 1.68. The highest BCUT2D eigenvalue weighted by Crippen LogP contribution is 2.34. The van der Waals surface area contributed by atoms with E-state index in [1.807, 2.05) is 32.0 Å². The molecule has 0 spiro atoms. The van der Waals surface area contributed by atoms with Crippen molar-refractivity contribution in [2.45, 2.75) is 46.1 Å². The molecular formula is C16H24O2. The topological polar surface area (TPSA) is 29.5 Å². The van der Waals surface area contributed by atoms with Gasteiger partial charge in [0.1, 0.15) is 6.61 Å². The van der Waals surface area contributed by atoms with Crippen molar-refractivity contribution >= 4 is 0 Å². The zero-order valence-corrected chi connectivity index (χ0v) is 11.5. The van der Waals surface area contributed by atoms with Crippen molar-refractivity contribution in [2.24, 2.45) is 0 Å². The molecule has 2 nitrogen and oxygen atoms in total. The molecule has 0 atom stereocenters. The van der Waals surface area contributed by atoms with E-state index in [9.17, 15) is 0 Å². The first kappa shape index (κ1) is 14.8. The number of allylic oxidation sites excluding steroid dienone is 2. The number of benzene rings is 1. The van der Waals surface area contributed by atoms with Gasteiger partial charge in [-0.25, -0.2) is 0 Å². The van der Waals surface area contributed by atoms with E-state index in [0.717, 1.165) is 18.6 Å². The molecule has 100 valence electrons. The summed E-state index contributed by atoms with van der Waals surface area (Å²) in [6.07, 6.45) is 4.03. The maximum atomic E-state index is 8.82. The van der Waals surface area contributed by atoms with Gasteiger partial charge in [0.2, 0.25) is 0 Å². The van der Waals surface area contributed by atoms with E-state index >= 15 is 0 Å². The van der Waals surface area contributed by atoms with Crippen molar-refractivity contribution in [1.82, 2.24) is 0 Å². The Kier molecular flexibility index (Phi) is 7.19. The average molecular weight is 248 g/mol. The second-order valence-electron chi connectivity index (χ2n) is 4.13. The van der Waals surface area contributed by atoms with Gasteiger partial charge in [0.25, 0.3) is 0 Å². The van der Waals surface area contributed by atoms with Crippen LogP contribution in [0.5, 0.6) is 0 Å². The molecule has 1 aromatic rings. The van der Waals surface area contributed by atoms with Gasteiger partial charge < -0.3 is 9.84 Å². The van der Waals surface area contributed by atoms with Gasteiger partial charge in [-0.1, -0.05) is 44.2 Å². The van der Waals surface area contributed by atoms with E-state index < -0.39 is 0 Å². The molecule has 1 saturated carbocycles. The van der Waals surface area contributed by atoms with Crippen LogP contribution in [0.3, 0.4) is 0 Å². The highest BCUT2D eigenvalue weighted by Gasteiger charge is 2.18. The minimum Gasteiger partial charge on any atom is -0.493 e. The quantitative estimate of drug-likeness (QED) is 0.770.